The van der Waals surface area contributed by atoms with Gasteiger partial charge in [0.25, 0.3) is 0 Å². The number of halogens is 5. The minimum atomic E-state index is -4.75. The van der Waals surface area contributed by atoms with E-state index in [0.29, 0.717) is 28.8 Å². The minimum Gasteiger partial charge on any atom is -0.480 e. The van der Waals surface area contributed by atoms with Gasteiger partial charge >= 0.3 is 12.2 Å². The zero-order valence-corrected chi connectivity index (χ0v) is 21.9. The first kappa shape index (κ1) is 29.2. The summed E-state index contributed by atoms with van der Waals surface area (Å²) in [5.74, 6) is 1.59. The van der Waals surface area contributed by atoms with Gasteiger partial charge in [-0.05, 0) is 60.0 Å². The molecule has 0 aliphatic heterocycles. The van der Waals surface area contributed by atoms with Crippen molar-refractivity contribution in [3.63, 3.8) is 0 Å². The maximum Gasteiger partial charge on any atom is 0.416 e. The van der Waals surface area contributed by atoms with E-state index in [2.05, 4.69) is 26.5 Å². The van der Waals surface area contributed by atoms with Crippen molar-refractivity contribution in [2.45, 2.75) is 11.1 Å². The van der Waals surface area contributed by atoms with Crippen LogP contribution in [0.1, 0.15) is 5.56 Å². The summed E-state index contributed by atoms with van der Waals surface area (Å²) in [6, 6.07) is 10.4. The van der Waals surface area contributed by atoms with Gasteiger partial charge in [-0.3, -0.25) is 5.14 Å². The molecule has 0 spiro atoms. The number of benzene rings is 3. The molecule has 0 saturated carbocycles. The number of anilines is 4. The Morgan fingerprint density at radius 2 is 1.73 bits per heavy atom. The summed E-state index contributed by atoms with van der Waals surface area (Å²) in [5, 5.41) is 12.6. The highest BCUT2D eigenvalue weighted by molar-refractivity contribution is 7.98. The van der Waals surface area contributed by atoms with Gasteiger partial charge in [0.15, 0.2) is 0 Å². The first-order valence-corrected chi connectivity index (χ1v) is 13.2. The molecule has 1 heterocycles. The fourth-order valence-electron chi connectivity index (χ4n) is 3.56. The van der Waals surface area contributed by atoms with E-state index in [1.54, 1.807) is 18.2 Å². The first-order valence-electron chi connectivity index (χ1n) is 11.4. The van der Waals surface area contributed by atoms with Crippen molar-refractivity contribution in [3.05, 3.63) is 84.1 Å². The molecule has 214 valence electrons. The van der Waals surface area contributed by atoms with E-state index >= 15 is 0 Å². The van der Waals surface area contributed by atoms with Crippen molar-refractivity contribution >= 4 is 44.6 Å². The second-order valence-corrected chi connectivity index (χ2v) is 10.4. The molecule has 0 saturated heterocycles. The Morgan fingerprint density at radius 3 is 2.39 bits per heavy atom. The number of methoxy groups -OCH3 is 1. The SMILES string of the molecule is C=S(N)(=O)c1cccc(Nc2ncc(-c3ccc(NC(=O)Nc4cc(C(F)(F)F)ccc4F)c(F)c3)c(OC)n2)c1. The number of ether oxygens (including phenoxy) is 1. The zero-order chi connectivity index (χ0) is 29.9. The Kier molecular flexibility index (Phi) is 8.12. The lowest BCUT2D eigenvalue weighted by Gasteiger charge is -2.13. The first-order chi connectivity index (χ1) is 19.2. The average molecular weight is 593 g/mol. The number of urea groups is 1. The Hall–Kier alpha value is -4.76. The largest absolute Gasteiger partial charge is 0.480 e. The average Bonchev–Trinajstić information content (AvgIpc) is 2.90. The molecule has 1 aromatic heterocycles. The van der Waals surface area contributed by atoms with E-state index in [0.717, 1.165) is 6.07 Å². The number of carbonyl (C=O) groups excluding carboxylic acids is 1. The quantitative estimate of drug-likeness (QED) is 0.159. The lowest BCUT2D eigenvalue weighted by atomic mass is 10.1. The zero-order valence-electron chi connectivity index (χ0n) is 21.1. The molecular formula is C26H21F5N6O3S. The number of alkyl halides is 3. The third-order valence-electron chi connectivity index (χ3n) is 5.51. The maximum atomic E-state index is 14.9. The third kappa shape index (κ3) is 7.06. The van der Waals surface area contributed by atoms with Gasteiger partial charge in [-0.15, -0.1) is 0 Å². The van der Waals surface area contributed by atoms with Crippen LogP contribution in [0.15, 0.2) is 71.8 Å². The molecule has 9 nitrogen and oxygen atoms in total. The van der Waals surface area contributed by atoms with E-state index in [9.17, 15) is 31.0 Å². The Balaban J connectivity index is 1.51. The Bertz CT molecular complexity index is 1730. The molecule has 4 rings (SSSR count). The molecule has 41 heavy (non-hydrogen) atoms. The van der Waals surface area contributed by atoms with Crippen molar-refractivity contribution in [2.75, 3.05) is 23.1 Å². The minimum absolute atomic E-state index is 0.0660. The number of amides is 2. The van der Waals surface area contributed by atoms with Gasteiger partial charge in [-0.2, -0.15) is 18.2 Å². The van der Waals surface area contributed by atoms with E-state index < -0.39 is 44.8 Å². The van der Waals surface area contributed by atoms with E-state index in [4.69, 9.17) is 9.88 Å². The molecule has 0 aliphatic rings. The number of nitrogens with two attached hydrogens (primary N) is 1. The van der Waals surface area contributed by atoms with Crippen molar-refractivity contribution in [1.82, 2.24) is 9.97 Å². The molecule has 3 aromatic carbocycles. The summed E-state index contributed by atoms with van der Waals surface area (Å²) in [6.45, 7) is 0. The maximum absolute atomic E-state index is 14.9. The summed E-state index contributed by atoms with van der Waals surface area (Å²) >= 11 is 0. The molecule has 1 atom stereocenters. The van der Waals surface area contributed by atoms with Gasteiger partial charge in [-0.1, -0.05) is 12.1 Å². The highest BCUT2D eigenvalue weighted by atomic mass is 32.2. The third-order valence-corrected chi connectivity index (χ3v) is 6.56. The van der Waals surface area contributed by atoms with E-state index in [1.807, 2.05) is 5.32 Å². The molecule has 0 fully saturated rings. The lowest BCUT2D eigenvalue weighted by molar-refractivity contribution is -0.137. The van der Waals surface area contributed by atoms with Crippen LogP contribution in [0.3, 0.4) is 0 Å². The van der Waals surface area contributed by atoms with E-state index in [1.165, 1.54) is 31.5 Å². The normalized spacial score (nSPS) is 12.8. The summed E-state index contributed by atoms with van der Waals surface area (Å²) in [6.07, 6.45) is -3.40. The van der Waals surface area contributed by atoms with Crippen LogP contribution in [0.4, 0.5) is 49.8 Å². The second kappa shape index (κ2) is 11.4. The predicted molar refractivity (Wildman–Crippen MR) is 145 cm³/mol. The van der Waals surface area contributed by atoms with Crippen LogP contribution in [-0.4, -0.2) is 33.2 Å². The number of rotatable bonds is 7. The van der Waals surface area contributed by atoms with Crippen molar-refractivity contribution < 1.29 is 35.7 Å². The molecule has 4 aromatic rings. The molecule has 2 amide bonds. The number of hydrogen-bond donors (Lipinski definition) is 4. The summed E-state index contributed by atoms with van der Waals surface area (Å²) in [7, 11) is -1.60. The standard InChI is InChI=1S/C26H21F5N6O3S/c1-40-23-18(13-33-24(37-23)34-16-4-3-5-17(12-16)41(2,32)39)14-6-9-21(20(28)10-14)35-25(38)36-22-11-15(26(29,30)31)7-8-19(22)27/h3-13H,2H2,1H3,(H2,32,39)(H,33,34,37)(H2,35,36,38). The number of hydrogen-bond acceptors (Lipinski definition) is 6. The van der Waals surface area contributed by atoms with Gasteiger partial charge in [0.2, 0.25) is 11.8 Å². The van der Waals surface area contributed by atoms with Gasteiger partial charge in [0, 0.05) is 16.8 Å². The number of nitrogens with zero attached hydrogens (tertiary/aromatic N) is 2. The van der Waals surface area contributed by atoms with Crippen LogP contribution >= 0.6 is 0 Å². The van der Waals surface area contributed by atoms with Gasteiger partial charge < -0.3 is 20.7 Å². The fourth-order valence-corrected chi connectivity index (χ4v) is 4.19. The van der Waals surface area contributed by atoms with Crippen molar-refractivity contribution in [1.29, 1.82) is 0 Å². The summed E-state index contributed by atoms with van der Waals surface area (Å²) in [5.41, 5.74) is -1.21. The smallest absolute Gasteiger partial charge is 0.416 e. The van der Waals surface area contributed by atoms with Crippen LogP contribution in [0.25, 0.3) is 11.1 Å². The fraction of sp³-hybridized carbons (Fsp3) is 0.0769. The second-order valence-electron chi connectivity index (χ2n) is 8.46. The Morgan fingerprint density at radius 1 is 1.00 bits per heavy atom. The molecule has 0 radical (unpaired) electrons. The van der Waals surface area contributed by atoms with Crippen molar-refractivity contribution in [3.8, 4) is 17.0 Å². The van der Waals surface area contributed by atoms with Crippen LogP contribution in [-0.2, 0) is 15.9 Å². The monoisotopic (exact) mass is 592 g/mol. The molecule has 5 N–H and O–H groups in total. The van der Waals surface area contributed by atoms with Crippen LogP contribution in [0.5, 0.6) is 5.88 Å². The number of carbonyl (C=O) groups is 1. The summed E-state index contributed by atoms with van der Waals surface area (Å²) < 4.78 is 84.9. The highest BCUT2D eigenvalue weighted by Crippen LogP contribution is 2.33. The van der Waals surface area contributed by atoms with Gasteiger partial charge in [-0.25, -0.2) is 22.8 Å². The topological polar surface area (TPSA) is 131 Å². The number of aromatic nitrogens is 2. The highest BCUT2D eigenvalue weighted by Gasteiger charge is 2.31. The van der Waals surface area contributed by atoms with Crippen LogP contribution in [0, 0.1) is 11.6 Å². The van der Waals surface area contributed by atoms with Crippen molar-refractivity contribution in [2.24, 2.45) is 5.14 Å². The molecule has 15 heteroatoms. The Labute approximate surface area is 230 Å². The van der Waals surface area contributed by atoms with Gasteiger partial charge in [0.05, 0.1) is 39.3 Å². The molecular weight excluding hydrogens is 571 g/mol. The van der Waals surface area contributed by atoms with Gasteiger partial charge in [0.1, 0.15) is 11.6 Å². The lowest BCUT2D eigenvalue weighted by Crippen LogP contribution is -2.21. The summed E-state index contributed by atoms with van der Waals surface area (Å²) in [4.78, 5) is 21.0. The van der Waals surface area contributed by atoms with Crippen LogP contribution < -0.4 is 25.8 Å². The molecule has 0 bridgehead atoms. The predicted octanol–water partition coefficient (Wildman–Crippen LogP) is 5.79. The molecule has 1 unspecified atom stereocenters. The van der Waals surface area contributed by atoms with Crippen LogP contribution in [0.2, 0.25) is 0 Å². The molecule has 0 aliphatic carbocycles. The number of nitrogens with one attached hydrogen (secondary N) is 3. The van der Waals surface area contributed by atoms with E-state index in [-0.39, 0.29) is 28.6 Å².